The lowest BCUT2D eigenvalue weighted by molar-refractivity contribution is -0.112. The Morgan fingerprint density at radius 1 is 0.839 bits per heavy atom. The maximum absolute atomic E-state index is 13.5. The molecule has 0 bridgehead atoms. The summed E-state index contributed by atoms with van der Waals surface area (Å²) in [5.41, 5.74) is 3.45. The Hall–Kier alpha value is -4.06. The molecule has 6 nitrogen and oxygen atoms in total. The van der Waals surface area contributed by atoms with E-state index < -0.39 is 5.91 Å². The minimum atomic E-state index is -0.432. The largest absolute Gasteiger partial charge is 0.502 e. The number of benzene rings is 3. The highest BCUT2D eigenvalue weighted by Crippen LogP contribution is 2.39. The van der Waals surface area contributed by atoms with Crippen LogP contribution in [0.3, 0.4) is 0 Å². The van der Waals surface area contributed by atoms with Crippen LogP contribution >= 0.6 is 0 Å². The van der Waals surface area contributed by atoms with Gasteiger partial charge in [-0.1, -0.05) is 35.9 Å². The van der Waals surface area contributed by atoms with Crippen molar-refractivity contribution in [3.8, 4) is 17.2 Å². The number of phenolic OH excluding ortho intramolecular Hbond substituents is 1. The second kappa shape index (κ2) is 7.99. The first-order valence-electron chi connectivity index (χ1n) is 9.66. The third-order valence-corrected chi connectivity index (χ3v) is 5.19. The molecule has 4 rings (SSSR count). The van der Waals surface area contributed by atoms with Crippen LogP contribution in [0.25, 0.3) is 11.6 Å². The molecular formula is C25H21NO5. The van der Waals surface area contributed by atoms with Crippen LogP contribution in [0.1, 0.15) is 27.0 Å². The number of ether oxygens (including phenoxy) is 2. The lowest BCUT2D eigenvalue weighted by Gasteiger charge is -2.28. The number of anilines is 1. The van der Waals surface area contributed by atoms with Crippen LogP contribution < -0.4 is 14.4 Å². The third-order valence-electron chi connectivity index (χ3n) is 5.19. The molecule has 1 aliphatic rings. The van der Waals surface area contributed by atoms with Crippen LogP contribution in [-0.4, -0.2) is 31.1 Å². The number of rotatable bonds is 4. The second-order valence-electron chi connectivity index (χ2n) is 7.16. The summed E-state index contributed by atoms with van der Waals surface area (Å²) in [5.74, 6) is -0.497. The Morgan fingerprint density at radius 3 is 2.00 bits per heavy atom. The first-order chi connectivity index (χ1) is 14.9. The molecule has 1 aliphatic heterocycles. The van der Waals surface area contributed by atoms with E-state index in [0.29, 0.717) is 28.0 Å². The standard InChI is InChI=1S/C25H21NO5/c1-15-8-10-17(11-9-15)26-24(28)19-7-5-4-6-18(19)20(25(26)29)12-16-13-21(30-2)23(27)22(14-16)31-3/h4-14,27H,1-3H3/b20-12-. The number of carbonyl (C=O) groups excluding carboxylic acids is 2. The van der Waals surface area contributed by atoms with Gasteiger partial charge in [-0.3, -0.25) is 9.59 Å². The molecule has 156 valence electrons. The summed E-state index contributed by atoms with van der Waals surface area (Å²) in [5, 5.41) is 10.2. The maximum atomic E-state index is 13.5. The van der Waals surface area contributed by atoms with Crippen molar-refractivity contribution in [3.63, 3.8) is 0 Å². The van der Waals surface area contributed by atoms with Crippen molar-refractivity contribution in [2.75, 3.05) is 19.1 Å². The fourth-order valence-electron chi connectivity index (χ4n) is 3.58. The average molecular weight is 415 g/mol. The van der Waals surface area contributed by atoms with Gasteiger partial charge in [0.1, 0.15) is 0 Å². The number of methoxy groups -OCH3 is 2. The number of aromatic hydroxyl groups is 1. The summed E-state index contributed by atoms with van der Waals surface area (Å²) in [7, 11) is 2.87. The quantitative estimate of drug-likeness (QED) is 0.503. The molecular weight excluding hydrogens is 394 g/mol. The van der Waals surface area contributed by atoms with E-state index in [1.165, 1.54) is 19.1 Å². The summed E-state index contributed by atoms with van der Waals surface area (Å²) in [6, 6.07) is 17.4. The Balaban J connectivity index is 1.90. The van der Waals surface area contributed by atoms with Gasteiger partial charge in [-0.15, -0.1) is 0 Å². The van der Waals surface area contributed by atoms with E-state index in [1.54, 1.807) is 54.6 Å². The first-order valence-corrected chi connectivity index (χ1v) is 9.66. The van der Waals surface area contributed by atoms with E-state index >= 15 is 0 Å². The van der Waals surface area contributed by atoms with E-state index in [2.05, 4.69) is 0 Å². The summed E-state index contributed by atoms with van der Waals surface area (Å²) in [4.78, 5) is 27.8. The average Bonchev–Trinajstić information content (AvgIpc) is 2.78. The van der Waals surface area contributed by atoms with E-state index in [1.807, 2.05) is 19.1 Å². The van der Waals surface area contributed by atoms with Crippen molar-refractivity contribution in [1.29, 1.82) is 0 Å². The molecule has 2 amide bonds. The molecule has 0 saturated carbocycles. The Bertz CT molecular complexity index is 1190. The minimum Gasteiger partial charge on any atom is -0.502 e. The predicted octanol–water partition coefficient (Wildman–Crippen LogP) is 4.45. The molecule has 6 heteroatoms. The van der Waals surface area contributed by atoms with Crippen molar-refractivity contribution >= 4 is 29.2 Å². The van der Waals surface area contributed by atoms with Crippen LogP contribution in [0.2, 0.25) is 0 Å². The summed E-state index contributed by atoms with van der Waals surface area (Å²) in [6.45, 7) is 1.94. The van der Waals surface area contributed by atoms with Crippen LogP contribution in [0.4, 0.5) is 5.69 Å². The SMILES string of the molecule is COc1cc(/C=C2\C(=O)N(c3ccc(C)cc3)C(=O)c3ccccc32)cc(OC)c1O. The summed E-state index contributed by atoms with van der Waals surface area (Å²) in [6.07, 6.45) is 1.67. The van der Waals surface area contributed by atoms with Crippen LogP contribution in [0.5, 0.6) is 17.2 Å². The highest BCUT2D eigenvalue weighted by molar-refractivity contribution is 6.43. The molecule has 0 saturated heterocycles. The number of phenols is 1. The Morgan fingerprint density at radius 2 is 1.42 bits per heavy atom. The van der Waals surface area contributed by atoms with Gasteiger partial charge in [0.2, 0.25) is 5.75 Å². The third kappa shape index (κ3) is 3.53. The molecule has 0 fully saturated rings. The van der Waals surface area contributed by atoms with E-state index in [4.69, 9.17) is 9.47 Å². The van der Waals surface area contributed by atoms with Crippen molar-refractivity contribution in [1.82, 2.24) is 0 Å². The van der Waals surface area contributed by atoms with Gasteiger partial charge in [-0.25, -0.2) is 4.90 Å². The number of carbonyl (C=O) groups is 2. The topological polar surface area (TPSA) is 76.1 Å². The Labute approximate surface area is 180 Å². The predicted molar refractivity (Wildman–Crippen MR) is 119 cm³/mol. The number of hydrogen-bond acceptors (Lipinski definition) is 5. The lowest BCUT2D eigenvalue weighted by Crippen LogP contribution is -2.41. The van der Waals surface area contributed by atoms with Gasteiger partial charge in [-0.05, 0) is 54.5 Å². The molecule has 3 aromatic rings. The van der Waals surface area contributed by atoms with Crippen molar-refractivity contribution in [3.05, 3.63) is 82.9 Å². The van der Waals surface area contributed by atoms with Crippen molar-refractivity contribution < 1.29 is 24.2 Å². The van der Waals surface area contributed by atoms with Gasteiger partial charge in [0.15, 0.2) is 11.5 Å². The van der Waals surface area contributed by atoms with E-state index in [-0.39, 0.29) is 23.2 Å². The first kappa shape index (κ1) is 20.2. The molecule has 0 unspecified atom stereocenters. The van der Waals surface area contributed by atoms with Gasteiger partial charge >= 0.3 is 0 Å². The number of nitrogens with zero attached hydrogens (tertiary/aromatic N) is 1. The smallest absolute Gasteiger partial charge is 0.265 e. The molecule has 0 atom stereocenters. The normalized spacial score (nSPS) is 14.5. The molecule has 0 aliphatic carbocycles. The molecule has 0 aromatic heterocycles. The second-order valence-corrected chi connectivity index (χ2v) is 7.16. The van der Waals surface area contributed by atoms with Gasteiger partial charge in [0.05, 0.1) is 19.9 Å². The van der Waals surface area contributed by atoms with Gasteiger partial charge in [0, 0.05) is 11.1 Å². The molecule has 1 heterocycles. The monoisotopic (exact) mass is 415 g/mol. The summed E-state index contributed by atoms with van der Waals surface area (Å²) < 4.78 is 10.4. The van der Waals surface area contributed by atoms with E-state index in [9.17, 15) is 14.7 Å². The van der Waals surface area contributed by atoms with Gasteiger partial charge in [-0.2, -0.15) is 0 Å². The van der Waals surface area contributed by atoms with Gasteiger partial charge in [0.25, 0.3) is 11.8 Å². The fraction of sp³-hybridized carbons (Fsp3) is 0.120. The van der Waals surface area contributed by atoms with Crippen LogP contribution in [0.15, 0.2) is 60.7 Å². The highest BCUT2D eigenvalue weighted by Gasteiger charge is 2.35. The van der Waals surface area contributed by atoms with Gasteiger partial charge < -0.3 is 14.6 Å². The zero-order chi connectivity index (χ0) is 22.1. The minimum absolute atomic E-state index is 0.126. The molecule has 31 heavy (non-hydrogen) atoms. The molecule has 1 N–H and O–H groups in total. The lowest BCUT2D eigenvalue weighted by atomic mass is 9.91. The number of amides is 2. The van der Waals surface area contributed by atoms with Crippen LogP contribution in [0, 0.1) is 6.92 Å². The number of imide groups is 1. The highest BCUT2D eigenvalue weighted by atomic mass is 16.5. The zero-order valence-electron chi connectivity index (χ0n) is 17.4. The number of aryl methyl sites for hydroxylation is 1. The van der Waals surface area contributed by atoms with Crippen molar-refractivity contribution in [2.45, 2.75) is 6.92 Å². The van der Waals surface area contributed by atoms with Crippen LogP contribution in [-0.2, 0) is 4.79 Å². The van der Waals surface area contributed by atoms with Crippen molar-refractivity contribution in [2.24, 2.45) is 0 Å². The Kier molecular flexibility index (Phi) is 5.21. The maximum Gasteiger partial charge on any atom is 0.265 e. The zero-order valence-corrected chi connectivity index (χ0v) is 17.4. The summed E-state index contributed by atoms with van der Waals surface area (Å²) >= 11 is 0. The van der Waals surface area contributed by atoms with E-state index in [0.717, 1.165) is 5.56 Å². The molecule has 0 radical (unpaired) electrons. The number of fused-ring (bicyclic) bond motifs is 1. The molecule has 0 spiro atoms. The molecule has 3 aromatic carbocycles. The fourth-order valence-corrected chi connectivity index (χ4v) is 3.58. The number of hydrogen-bond donors (Lipinski definition) is 1.